The zero-order valence-corrected chi connectivity index (χ0v) is 19.9. The fourth-order valence-corrected chi connectivity index (χ4v) is 6.55. The summed E-state index contributed by atoms with van der Waals surface area (Å²) >= 11 is 13.3. The van der Waals surface area contributed by atoms with E-state index in [1.54, 1.807) is 19.2 Å². The number of halogens is 2. The van der Waals surface area contributed by atoms with E-state index in [-0.39, 0.29) is 26.6 Å². The Morgan fingerprint density at radius 2 is 1.94 bits per heavy atom. The van der Waals surface area contributed by atoms with Crippen LogP contribution in [0, 0.1) is 0 Å². The molecule has 2 heterocycles. The van der Waals surface area contributed by atoms with Crippen LogP contribution in [0.15, 0.2) is 47.4 Å². The molecular weight excluding hydrogens is 495 g/mol. The minimum absolute atomic E-state index is 0.0497. The lowest BCUT2D eigenvalue weighted by molar-refractivity contribution is -0.119. The molecule has 12 heteroatoms. The van der Waals surface area contributed by atoms with Crippen molar-refractivity contribution in [2.24, 2.45) is 0 Å². The van der Waals surface area contributed by atoms with Crippen molar-refractivity contribution < 1.29 is 17.9 Å². The van der Waals surface area contributed by atoms with Crippen molar-refractivity contribution in [1.82, 2.24) is 14.5 Å². The molecular formula is C20H18Cl2N4O4S2. The average Bonchev–Trinajstić information content (AvgIpc) is 3.46. The van der Waals surface area contributed by atoms with E-state index >= 15 is 0 Å². The number of carbonyl (C=O) groups is 1. The van der Waals surface area contributed by atoms with Gasteiger partial charge in [-0.15, -0.1) is 10.2 Å². The van der Waals surface area contributed by atoms with Crippen LogP contribution in [-0.2, 0) is 14.8 Å². The van der Waals surface area contributed by atoms with E-state index < -0.39 is 22.0 Å². The van der Waals surface area contributed by atoms with Gasteiger partial charge in [0.2, 0.25) is 21.1 Å². The van der Waals surface area contributed by atoms with E-state index in [1.807, 2.05) is 12.1 Å². The first kappa shape index (κ1) is 22.9. The molecule has 0 radical (unpaired) electrons. The van der Waals surface area contributed by atoms with E-state index in [0.717, 1.165) is 9.87 Å². The van der Waals surface area contributed by atoms with Crippen molar-refractivity contribution in [3.8, 4) is 16.3 Å². The molecule has 0 aliphatic carbocycles. The summed E-state index contributed by atoms with van der Waals surface area (Å²) in [6.45, 7) is 0.205. The largest absolute Gasteiger partial charge is 0.497 e. The molecule has 1 fully saturated rings. The first-order valence-electron chi connectivity index (χ1n) is 9.55. The van der Waals surface area contributed by atoms with Gasteiger partial charge in [0, 0.05) is 17.1 Å². The normalized spacial score (nSPS) is 16.8. The number of methoxy groups -OCH3 is 1. The highest BCUT2D eigenvalue weighted by molar-refractivity contribution is 7.89. The first-order chi connectivity index (χ1) is 15.3. The van der Waals surface area contributed by atoms with Crippen LogP contribution < -0.4 is 10.1 Å². The van der Waals surface area contributed by atoms with Crippen molar-refractivity contribution in [2.75, 3.05) is 19.0 Å². The van der Waals surface area contributed by atoms with Gasteiger partial charge >= 0.3 is 0 Å². The van der Waals surface area contributed by atoms with Crippen molar-refractivity contribution in [3.63, 3.8) is 0 Å². The summed E-state index contributed by atoms with van der Waals surface area (Å²) in [6.07, 6.45) is 0.927. The molecule has 1 aliphatic heterocycles. The zero-order valence-electron chi connectivity index (χ0n) is 16.8. The van der Waals surface area contributed by atoms with Crippen LogP contribution >= 0.6 is 34.5 Å². The molecule has 2 aromatic carbocycles. The van der Waals surface area contributed by atoms with Gasteiger partial charge in [0.1, 0.15) is 21.7 Å². The molecule has 1 saturated heterocycles. The van der Waals surface area contributed by atoms with Gasteiger partial charge in [0.25, 0.3) is 0 Å². The Balaban J connectivity index is 1.52. The van der Waals surface area contributed by atoms with Gasteiger partial charge in [-0.05, 0) is 55.3 Å². The number of nitrogens with zero attached hydrogens (tertiary/aromatic N) is 3. The predicted octanol–water partition coefficient (Wildman–Crippen LogP) is 4.31. The van der Waals surface area contributed by atoms with Crippen molar-refractivity contribution in [3.05, 3.63) is 52.5 Å². The molecule has 0 saturated carbocycles. The summed E-state index contributed by atoms with van der Waals surface area (Å²) < 4.78 is 32.7. The summed E-state index contributed by atoms with van der Waals surface area (Å²) in [5, 5.41) is 12.0. The number of benzene rings is 2. The van der Waals surface area contributed by atoms with E-state index in [9.17, 15) is 13.2 Å². The Morgan fingerprint density at radius 1 is 1.19 bits per heavy atom. The number of hydrogen-bond acceptors (Lipinski definition) is 7. The molecule has 1 aliphatic rings. The van der Waals surface area contributed by atoms with Gasteiger partial charge in [-0.3, -0.25) is 10.1 Å². The number of nitrogens with one attached hydrogen (secondary N) is 1. The van der Waals surface area contributed by atoms with Crippen LogP contribution in [0.25, 0.3) is 10.6 Å². The standard InChI is InChI=1S/C20H18Cl2N4O4S2/c1-30-14-7-4-12(5-8-14)19-24-25-20(31-19)23-18(27)16-3-2-10-26(16)32(28,29)17-11-13(21)6-9-15(17)22/h4-9,11,16H,2-3,10H2,1H3,(H,23,25,27). The van der Waals surface area contributed by atoms with E-state index in [4.69, 9.17) is 27.9 Å². The van der Waals surface area contributed by atoms with Crippen LogP contribution in [0.3, 0.4) is 0 Å². The second kappa shape index (κ2) is 9.32. The topological polar surface area (TPSA) is 101 Å². The lowest BCUT2D eigenvalue weighted by atomic mass is 10.2. The van der Waals surface area contributed by atoms with E-state index in [0.29, 0.717) is 23.6 Å². The Bertz CT molecular complexity index is 1250. The molecule has 4 rings (SSSR count). The number of ether oxygens (including phenoxy) is 1. The van der Waals surface area contributed by atoms with Crippen LogP contribution in [0.5, 0.6) is 5.75 Å². The second-order valence-corrected chi connectivity index (χ2v) is 10.7. The summed E-state index contributed by atoms with van der Waals surface area (Å²) in [4.78, 5) is 12.8. The highest BCUT2D eigenvalue weighted by Gasteiger charge is 2.40. The van der Waals surface area contributed by atoms with Crippen LogP contribution in [0.2, 0.25) is 10.0 Å². The molecule has 168 valence electrons. The molecule has 1 unspecified atom stereocenters. The minimum Gasteiger partial charge on any atom is -0.497 e. The van der Waals surface area contributed by atoms with Gasteiger partial charge < -0.3 is 4.74 Å². The lowest BCUT2D eigenvalue weighted by Gasteiger charge is -2.23. The van der Waals surface area contributed by atoms with Crippen molar-refractivity contribution in [2.45, 2.75) is 23.8 Å². The third-order valence-electron chi connectivity index (χ3n) is 4.98. The zero-order chi connectivity index (χ0) is 22.9. The van der Waals surface area contributed by atoms with E-state index in [1.165, 1.54) is 29.5 Å². The van der Waals surface area contributed by atoms with Gasteiger partial charge in [0.15, 0.2) is 0 Å². The SMILES string of the molecule is COc1ccc(-c2nnc(NC(=O)C3CCCN3S(=O)(=O)c3cc(Cl)ccc3Cl)s2)cc1. The maximum atomic E-state index is 13.2. The lowest BCUT2D eigenvalue weighted by Crippen LogP contribution is -2.43. The van der Waals surface area contributed by atoms with Gasteiger partial charge in [-0.1, -0.05) is 34.5 Å². The molecule has 1 N–H and O–H groups in total. The number of carbonyl (C=O) groups excluding carboxylic acids is 1. The number of aromatic nitrogens is 2. The number of rotatable bonds is 6. The highest BCUT2D eigenvalue weighted by atomic mass is 35.5. The Kier molecular flexibility index (Phi) is 6.68. The summed E-state index contributed by atoms with van der Waals surface area (Å²) in [7, 11) is -2.43. The number of hydrogen-bond donors (Lipinski definition) is 1. The molecule has 1 atom stereocenters. The number of anilines is 1. The molecule has 0 spiro atoms. The Labute approximate surface area is 199 Å². The number of sulfonamides is 1. The summed E-state index contributed by atoms with van der Waals surface area (Å²) in [6, 6.07) is 10.6. The van der Waals surface area contributed by atoms with Gasteiger partial charge in [0.05, 0.1) is 12.1 Å². The third kappa shape index (κ3) is 4.60. The maximum absolute atomic E-state index is 13.2. The molecule has 8 nitrogen and oxygen atoms in total. The van der Waals surface area contributed by atoms with Crippen molar-refractivity contribution >= 4 is 55.6 Å². The van der Waals surface area contributed by atoms with Crippen LogP contribution in [-0.4, -0.2) is 48.5 Å². The van der Waals surface area contributed by atoms with E-state index in [2.05, 4.69) is 15.5 Å². The summed E-state index contributed by atoms with van der Waals surface area (Å²) in [5.74, 6) is 0.246. The second-order valence-electron chi connectivity index (χ2n) is 6.98. The van der Waals surface area contributed by atoms with Gasteiger partial charge in [-0.2, -0.15) is 4.31 Å². The van der Waals surface area contributed by atoms with Crippen LogP contribution in [0.4, 0.5) is 5.13 Å². The number of amides is 1. The molecule has 3 aromatic rings. The van der Waals surface area contributed by atoms with Crippen molar-refractivity contribution in [1.29, 1.82) is 0 Å². The highest BCUT2D eigenvalue weighted by Crippen LogP contribution is 2.33. The minimum atomic E-state index is -4.01. The molecule has 1 amide bonds. The summed E-state index contributed by atoms with van der Waals surface area (Å²) in [5.41, 5.74) is 0.824. The average molecular weight is 513 g/mol. The molecule has 1 aromatic heterocycles. The third-order valence-corrected chi connectivity index (χ3v) is 8.49. The Morgan fingerprint density at radius 3 is 2.66 bits per heavy atom. The van der Waals surface area contributed by atoms with Crippen LogP contribution in [0.1, 0.15) is 12.8 Å². The predicted molar refractivity (Wildman–Crippen MR) is 124 cm³/mol. The maximum Gasteiger partial charge on any atom is 0.245 e. The van der Waals surface area contributed by atoms with Gasteiger partial charge in [-0.25, -0.2) is 8.42 Å². The fraction of sp³-hybridized carbons (Fsp3) is 0.250. The fourth-order valence-electron chi connectivity index (χ4n) is 3.40. The first-order valence-corrected chi connectivity index (χ1v) is 12.6. The monoisotopic (exact) mass is 512 g/mol. The quantitative estimate of drug-likeness (QED) is 0.527. The Hall–Kier alpha value is -2.24. The molecule has 32 heavy (non-hydrogen) atoms. The molecule has 0 bridgehead atoms. The smallest absolute Gasteiger partial charge is 0.245 e.